The van der Waals surface area contributed by atoms with E-state index in [2.05, 4.69) is 5.32 Å². The van der Waals surface area contributed by atoms with Crippen molar-refractivity contribution in [3.05, 3.63) is 82.2 Å². The third-order valence-electron chi connectivity index (χ3n) is 6.25. The summed E-state index contributed by atoms with van der Waals surface area (Å²) < 4.78 is 15.7. The highest BCUT2D eigenvalue weighted by Crippen LogP contribution is 2.46. The van der Waals surface area contributed by atoms with E-state index in [0.717, 1.165) is 22.6 Å². The van der Waals surface area contributed by atoms with Gasteiger partial charge in [0.25, 0.3) is 0 Å². The highest BCUT2D eigenvalue weighted by Gasteiger charge is 2.41. The first kappa shape index (κ1) is 21.7. The Labute approximate surface area is 187 Å². The summed E-state index contributed by atoms with van der Waals surface area (Å²) in [5, 5.41) is 3.35. The van der Waals surface area contributed by atoms with Crippen molar-refractivity contribution in [2.24, 2.45) is 0 Å². The van der Waals surface area contributed by atoms with E-state index in [0.29, 0.717) is 35.4 Å². The largest absolute Gasteiger partial charge is 0.497 e. The minimum Gasteiger partial charge on any atom is -0.497 e. The van der Waals surface area contributed by atoms with Gasteiger partial charge in [0.05, 0.1) is 26.9 Å². The molecule has 1 aliphatic carbocycles. The number of nitrogens with one attached hydrogen (secondary N) is 1. The molecule has 2 aliphatic rings. The Kier molecular flexibility index (Phi) is 6.04. The number of esters is 1. The Morgan fingerprint density at radius 2 is 1.66 bits per heavy atom. The number of hydrogen-bond acceptors (Lipinski definition) is 6. The number of allylic oxidation sites excluding steroid dienone is 3. The van der Waals surface area contributed by atoms with Crippen molar-refractivity contribution in [1.29, 1.82) is 0 Å². The molecule has 32 heavy (non-hydrogen) atoms. The van der Waals surface area contributed by atoms with Gasteiger partial charge < -0.3 is 19.5 Å². The van der Waals surface area contributed by atoms with Crippen LogP contribution in [0.2, 0.25) is 0 Å². The first-order chi connectivity index (χ1) is 15.5. The maximum atomic E-state index is 13.5. The molecule has 1 heterocycles. The zero-order valence-corrected chi connectivity index (χ0v) is 18.7. The quantitative estimate of drug-likeness (QED) is 0.711. The summed E-state index contributed by atoms with van der Waals surface area (Å²) in [6, 6.07) is 15.3. The minimum absolute atomic E-state index is 0.0290. The second kappa shape index (κ2) is 8.91. The SMILES string of the molecule is COC(=O)C1=C(C)NC2=C(C(=O)C[C@H](c3ccc(OC)cc3)C2)[C@@H]1c1cccc(OC)c1. The van der Waals surface area contributed by atoms with Crippen molar-refractivity contribution >= 4 is 11.8 Å². The van der Waals surface area contributed by atoms with E-state index in [9.17, 15) is 9.59 Å². The second-order valence-electron chi connectivity index (χ2n) is 8.06. The van der Waals surface area contributed by atoms with Crippen LogP contribution in [0.3, 0.4) is 0 Å². The van der Waals surface area contributed by atoms with Gasteiger partial charge in [-0.2, -0.15) is 0 Å². The van der Waals surface area contributed by atoms with E-state index in [1.165, 1.54) is 7.11 Å². The smallest absolute Gasteiger partial charge is 0.336 e. The first-order valence-corrected chi connectivity index (χ1v) is 10.6. The summed E-state index contributed by atoms with van der Waals surface area (Å²) in [7, 11) is 4.59. The lowest BCUT2D eigenvalue weighted by molar-refractivity contribution is -0.136. The second-order valence-corrected chi connectivity index (χ2v) is 8.06. The molecule has 2 atom stereocenters. The summed E-state index contributed by atoms with van der Waals surface area (Å²) in [4.78, 5) is 26.3. The molecule has 4 rings (SSSR count). The predicted octanol–water partition coefficient (Wildman–Crippen LogP) is 4.24. The molecule has 0 bridgehead atoms. The number of ether oxygens (including phenoxy) is 3. The van der Waals surface area contributed by atoms with Crippen molar-refractivity contribution in [2.75, 3.05) is 21.3 Å². The normalized spacial score (nSPS) is 20.4. The standard InChI is InChI=1S/C26H27NO5/c1-15-23(26(29)32-4)24(17-6-5-7-20(12-17)31-3)25-21(27-15)13-18(14-22(25)28)16-8-10-19(30-2)11-9-16/h5-12,18,24,27H,13-14H2,1-4H3/t18-,24-/m1/s1. The van der Waals surface area contributed by atoms with Crippen molar-refractivity contribution in [3.63, 3.8) is 0 Å². The summed E-state index contributed by atoms with van der Waals surface area (Å²) in [5.74, 6) is 0.590. The van der Waals surface area contributed by atoms with E-state index in [1.54, 1.807) is 14.2 Å². The molecule has 166 valence electrons. The van der Waals surface area contributed by atoms with Gasteiger partial charge >= 0.3 is 5.97 Å². The van der Waals surface area contributed by atoms with Gasteiger partial charge in [-0.15, -0.1) is 0 Å². The van der Waals surface area contributed by atoms with Crippen molar-refractivity contribution < 1.29 is 23.8 Å². The Balaban J connectivity index is 1.78. The average molecular weight is 434 g/mol. The van der Waals surface area contributed by atoms with Crippen LogP contribution < -0.4 is 14.8 Å². The van der Waals surface area contributed by atoms with E-state index in [1.807, 2.05) is 55.5 Å². The predicted molar refractivity (Wildman–Crippen MR) is 121 cm³/mol. The van der Waals surface area contributed by atoms with Crippen LogP contribution in [0.15, 0.2) is 71.1 Å². The summed E-state index contributed by atoms with van der Waals surface area (Å²) in [6.07, 6.45) is 1.06. The van der Waals surface area contributed by atoms with E-state index < -0.39 is 11.9 Å². The van der Waals surface area contributed by atoms with E-state index in [4.69, 9.17) is 14.2 Å². The molecule has 0 unspecified atom stereocenters. The lowest BCUT2D eigenvalue weighted by Crippen LogP contribution is -2.36. The number of carbonyl (C=O) groups is 2. The monoisotopic (exact) mass is 433 g/mol. The number of rotatable bonds is 5. The summed E-state index contributed by atoms with van der Waals surface area (Å²) in [5.41, 5.74) is 4.57. The van der Waals surface area contributed by atoms with Crippen LogP contribution in [0, 0.1) is 0 Å². The molecule has 2 aromatic rings. The molecule has 1 N–H and O–H groups in total. The third-order valence-corrected chi connectivity index (χ3v) is 6.25. The van der Waals surface area contributed by atoms with Crippen LogP contribution >= 0.6 is 0 Å². The molecular formula is C26H27NO5. The van der Waals surface area contributed by atoms with E-state index >= 15 is 0 Å². The van der Waals surface area contributed by atoms with Gasteiger partial charge in [0.2, 0.25) is 0 Å². The highest BCUT2D eigenvalue weighted by molar-refractivity contribution is 6.04. The Hall–Kier alpha value is -3.54. The van der Waals surface area contributed by atoms with Crippen molar-refractivity contribution in [2.45, 2.75) is 31.6 Å². The molecular weight excluding hydrogens is 406 g/mol. The van der Waals surface area contributed by atoms with Gasteiger partial charge in [-0.1, -0.05) is 24.3 Å². The molecule has 6 nitrogen and oxygen atoms in total. The van der Waals surface area contributed by atoms with Crippen LogP contribution in [-0.4, -0.2) is 33.1 Å². The molecule has 0 amide bonds. The maximum Gasteiger partial charge on any atom is 0.336 e. The van der Waals surface area contributed by atoms with Gasteiger partial charge in [0, 0.05) is 29.3 Å². The Bertz CT molecular complexity index is 1110. The van der Waals surface area contributed by atoms with Crippen molar-refractivity contribution in [3.8, 4) is 11.5 Å². The number of dihydropyridines is 1. The number of benzene rings is 2. The molecule has 0 radical (unpaired) electrons. The van der Waals surface area contributed by atoms with Gasteiger partial charge in [0.15, 0.2) is 5.78 Å². The number of hydrogen-bond donors (Lipinski definition) is 1. The summed E-state index contributed by atoms with van der Waals surface area (Å²) >= 11 is 0. The molecule has 2 aromatic carbocycles. The highest BCUT2D eigenvalue weighted by atomic mass is 16.5. The van der Waals surface area contributed by atoms with Crippen molar-refractivity contribution in [1.82, 2.24) is 5.32 Å². The zero-order chi connectivity index (χ0) is 22.8. The zero-order valence-electron chi connectivity index (χ0n) is 18.7. The molecule has 0 saturated heterocycles. The third kappa shape index (κ3) is 3.88. The molecule has 6 heteroatoms. The maximum absolute atomic E-state index is 13.5. The fourth-order valence-corrected chi connectivity index (χ4v) is 4.69. The number of Topliss-reactive ketones (excluding diaryl/α,β-unsaturated/α-hetero) is 1. The van der Waals surface area contributed by atoms with Gasteiger partial charge in [-0.05, 0) is 54.7 Å². The Morgan fingerprint density at radius 1 is 0.938 bits per heavy atom. The lowest BCUT2D eigenvalue weighted by Gasteiger charge is -2.36. The molecule has 0 fully saturated rings. The van der Waals surface area contributed by atoms with Crippen LogP contribution in [0.5, 0.6) is 11.5 Å². The van der Waals surface area contributed by atoms with Gasteiger partial charge in [-0.25, -0.2) is 4.79 Å². The molecule has 0 spiro atoms. The topological polar surface area (TPSA) is 73.9 Å². The number of carbonyl (C=O) groups excluding carboxylic acids is 2. The fourth-order valence-electron chi connectivity index (χ4n) is 4.69. The van der Waals surface area contributed by atoms with Gasteiger partial charge in [-0.3, -0.25) is 4.79 Å². The van der Waals surface area contributed by atoms with Crippen LogP contribution in [0.1, 0.15) is 42.7 Å². The molecule has 1 aliphatic heterocycles. The minimum atomic E-state index is -0.502. The fraction of sp³-hybridized carbons (Fsp3) is 0.308. The van der Waals surface area contributed by atoms with Gasteiger partial charge in [0.1, 0.15) is 11.5 Å². The summed E-state index contributed by atoms with van der Waals surface area (Å²) in [6.45, 7) is 1.85. The van der Waals surface area contributed by atoms with Crippen LogP contribution in [-0.2, 0) is 14.3 Å². The molecule has 0 aromatic heterocycles. The molecule has 0 saturated carbocycles. The number of ketones is 1. The van der Waals surface area contributed by atoms with Crippen LogP contribution in [0.25, 0.3) is 0 Å². The van der Waals surface area contributed by atoms with Crippen LogP contribution in [0.4, 0.5) is 0 Å². The number of methoxy groups -OCH3 is 3. The Morgan fingerprint density at radius 3 is 2.31 bits per heavy atom. The average Bonchev–Trinajstić information content (AvgIpc) is 2.82. The first-order valence-electron chi connectivity index (χ1n) is 10.6. The lowest BCUT2D eigenvalue weighted by atomic mass is 9.71. The van der Waals surface area contributed by atoms with E-state index in [-0.39, 0.29) is 11.7 Å².